The first-order valence-electron chi connectivity index (χ1n) is 9.71. The molecule has 0 radical (unpaired) electrons. The SMILES string of the molecule is Cc1cc(S(=O)(=O)NCCn2nc(-c3ccccn3)c3c2CCCC3)ccc1F. The highest BCUT2D eigenvalue weighted by Crippen LogP contribution is 2.30. The summed E-state index contributed by atoms with van der Waals surface area (Å²) in [4.78, 5) is 4.49. The molecule has 0 bridgehead atoms. The van der Waals surface area contributed by atoms with E-state index >= 15 is 0 Å². The molecule has 0 saturated heterocycles. The number of pyridine rings is 1. The van der Waals surface area contributed by atoms with Gasteiger partial charge in [0.25, 0.3) is 0 Å². The number of aryl methyl sites for hydroxylation is 1. The third-order valence-corrected chi connectivity index (χ3v) is 6.68. The molecule has 29 heavy (non-hydrogen) atoms. The van der Waals surface area contributed by atoms with E-state index in [0.717, 1.165) is 42.8 Å². The molecule has 2 aromatic heterocycles. The molecule has 0 aliphatic heterocycles. The quantitative estimate of drug-likeness (QED) is 0.672. The minimum absolute atomic E-state index is 0.0630. The van der Waals surface area contributed by atoms with Crippen molar-refractivity contribution in [2.75, 3.05) is 6.54 Å². The molecule has 1 N–H and O–H groups in total. The number of rotatable bonds is 6. The number of fused-ring (bicyclic) bond motifs is 1. The van der Waals surface area contributed by atoms with Gasteiger partial charge in [0, 0.05) is 24.0 Å². The molecule has 152 valence electrons. The highest BCUT2D eigenvalue weighted by molar-refractivity contribution is 7.89. The summed E-state index contributed by atoms with van der Waals surface area (Å²) in [5, 5.41) is 4.75. The van der Waals surface area contributed by atoms with Crippen LogP contribution in [0.1, 0.15) is 29.7 Å². The Balaban J connectivity index is 1.53. The predicted octanol–water partition coefficient (Wildman–Crippen LogP) is 3.25. The first-order chi connectivity index (χ1) is 14.0. The van der Waals surface area contributed by atoms with Crippen molar-refractivity contribution in [3.8, 4) is 11.4 Å². The van der Waals surface area contributed by atoms with Crippen LogP contribution in [0.25, 0.3) is 11.4 Å². The van der Waals surface area contributed by atoms with Gasteiger partial charge in [-0.3, -0.25) is 9.67 Å². The average Bonchev–Trinajstić information content (AvgIpc) is 3.09. The molecular weight excluding hydrogens is 391 g/mol. The van der Waals surface area contributed by atoms with Crippen molar-refractivity contribution in [2.24, 2.45) is 0 Å². The largest absolute Gasteiger partial charge is 0.267 e. The lowest BCUT2D eigenvalue weighted by atomic mass is 9.95. The molecule has 8 heteroatoms. The molecule has 0 spiro atoms. The number of nitrogens with zero attached hydrogens (tertiary/aromatic N) is 3. The van der Waals surface area contributed by atoms with Crippen molar-refractivity contribution >= 4 is 10.0 Å². The van der Waals surface area contributed by atoms with Crippen molar-refractivity contribution in [3.05, 3.63) is 65.2 Å². The Hall–Kier alpha value is -2.58. The van der Waals surface area contributed by atoms with Gasteiger partial charge in [-0.15, -0.1) is 0 Å². The first-order valence-corrected chi connectivity index (χ1v) is 11.2. The zero-order chi connectivity index (χ0) is 20.4. The number of hydrogen-bond acceptors (Lipinski definition) is 4. The first kappa shape index (κ1) is 19.7. The standard InChI is InChI=1S/C21H23FN4O2S/c1-15-14-16(9-10-18(15)22)29(27,28)24-12-13-26-20-8-3-2-6-17(20)21(25-26)19-7-4-5-11-23-19/h4-5,7,9-11,14,24H,2-3,6,8,12-13H2,1H3. The predicted molar refractivity (Wildman–Crippen MR) is 108 cm³/mol. The molecule has 0 fully saturated rings. The fourth-order valence-electron chi connectivity index (χ4n) is 3.72. The van der Waals surface area contributed by atoms with Crippen LogP contribution in [0.3, 0.4) is 0 Å². The third kappa shape index (κ3) is 4.09. The van der Waals surface area contributed by atoms with Gasteiger partial charge in [-0.05, 0) is 68.5 Å². The summed E-state index contributed by atoms with van der Waals surface area (Å²) in [6.07, 6.45) is 5.86. The summed E-state index contributed by atoms with van der Waals surface area (Å²) < 4.78 is 43.0. The van der Waals surface area contributed by atoms with Gasteiger partial charge in [0.2, 0.25) is 10.0 Å². The summed E-state index contributed by atoms with van der Waals surface area (Å²) in [5.41, 5.74) is 4.40. The van der Waals surface area contributed by atoms with Crippen LogP contribution in [0.2, 0.25) is 0 Å². The Bertz CT molecular complexity index is 1130. The van der Waals surface area contributed by atoms with Gasteiger partial charge in [0.15, 0.2) is 0 Å². The van der Waals surface area contributed by atoms with E-state index in [-0.39, 0.29) is 11.4 Å². The lowest BCUT2D eigenvalue weighted by Gasteiger charge is -2.14. The monoisotopic (exact) mass is 414 g/mol. The normalized spacial score (nSPS) is 14.0. The molecule has 1 aliphatic carbocycles. The fourth-order valence-corrected chi connectivity index (χ4v) is 4.82. The molecule has 2 heterocycles. The molecule has 1 aromatic carbocycles. The number of aromatic nitrogens is 3. The highest BCUT2D eigenvalue weighted by Gasteiger charge is 2.22. The molecule has 3 aromatic rings. The van der Waals surface area contributed by atoms with E-state index in [0.29, 0.717) is 12.1 Å². The zero-order valence-corrected chi connectivity index (χ0v) is 17.0. The number of halogens is 1. The van der Waals surface area contributed by atoms with Crippen molar-refractivity contribution in [3.63, 3.8) is 0 Å². The minimum atomic E-state index is -3.71. The topological polar surface area (TPSA) is 76.9 Å². The minimum Gasteiger partial charge on any atom is -0.267 e. The summed E-state index contributed by atoms with van der Waals surface area (Å²) in [6.45, 7) is 2.17. The van der Waals surface area contributed by atoms with Crippen LogP contribution in [0, 0.1) is 12.7 Å². The lowest BCUT2D eigenvalue weighted by Crippen LogP contribution is -2.28. The zero-order valence-electron chi connectivity index (χ0n) is 16.2. The summed E-state index contributed by atoms with van der Waals surface area (Å²) in [7, 11) is -3.71. The average molecular weight is 415 g/mol. The maximum atomic E-state index is 13.4. The molecular formula is C21H23FN4O2S. The van der Waals surface area contributed by atoms with Crippen LogP contribution in [0.15, 0.2) is 47.5 Å². The molecule has 0 amide bonds. The van der Waals surface area contributed by atoms with E-state index in [1.807, 2.05) is 22.9 Å². The van der Waals surface area contributed by atoms with Gasteiger partial charge in [0.05, 0.1) is 17.1 Å². The fraction of sp³-hybridized carbons (Fsp3) is 0.333. The second-order valence-electron chi connectivity index (χ2n) is 7.23. The Kier molecular flexibility index (Phi) is 5.47. The molecule has 1 aliphatic rings. The summed E-state index contributed by atoms with van der Waals surface area (Å²) >= 11 is 0. The lowest BCUT2D eigenvalue weighted by molar-refractivity contribution is 0.538. The second kappa shape index (κ2) is 8.04. The van der Waals surface area contributed by atoms with Crippen molar-refractivity contribution < 1.29 is 12.8 Å². The Morgan fingerprint density at radius 2 is 2.00 bits per heavy atom. The number of hydrogen-bond donors (Lipinski definition) is 1. The number of sulfonamides is 1. The van der Waals surface area contributed by atoms with E-state index in [2.05, 4.69) is 9.71 Å². The van der Waals surface area contributed by atoms with Crippen molar-refractivity contribution in [1.82, 2.24) is 19.5 Å². The van der Waals surface area contributed by atoms with E-state index < -0.39 is 15.8 Å². The summed E-state index contributed by atoms with van der Waals surface area (Å²) in [6, 6.07) is 9.55. The van der Waals surface area contributed by atoms with E-state index in [1.54, 1.807) is 13.1 Å². The Morgan fingerprint density at radius 1 is 1.17 bits per heavy atom. The highest BCUT2D eigenvalue weighted by atomic mass is 32.2. The van der Waals surface area contributed by atoms with Gasteiger partial charge in [-0.1, -0.05) is 6.07 Å². The van der Waals surface area contributed by atoms with Gasteiger partial charge in [-0.2, -0.15) is 5.10 Å². The van der Waals surface area contributed by atoms with E-state index in [4.69, 9.17) is 5.10 Å². The van der Waals surface area contributed by atoms with Crippen LogP contribution in [0.4, 0.5) is 4.39 Å². The smallest absolute Gasteiger partial charge is 0.240 e. The summed E-state index contributed by atoms with van der Waals surface area (Å²) in [5.74, 6) is -0.422. The van der Waals surface area contributed by atoms with E-state index in [9.17, 15) is 12.8 Å². The maximum absolute atomic E-state index is 13.4. The van der Waals surface area contributed by atoms with Crippen molar-refractivity contribution in [1.29, 1.82) is 0 Å². The molecule has 0 atom stereocenters. The van der Waals surface area contributed by atoms with Crippen LogP contribution < -0.4 is 4.72 Å². The van der Waals surface area contributed by atoms with Gasteiger partial charge in [0.1, 0.15) is 11.5 Å². The number of nitrogens with one attached hydrogen (secondary N) is 1. The van der Waals surface area contributed by atoms with Crippen molar-refractivity contribution in [2.45, 2.75) is 44.0 Å². The Labute approximate surface area is 169 Å². The third-order valence-electron chi connectivity index (χ3n) is 5.22. The molecule has 0 saturated carbocycles. The van der Waals surface area contributed by atoms with Gasteiger partial charge >= 0.3 is 0 Å². The second-order valence-corrected chi connectivity index (χ2v) is 8.99. The Morgan fingerprint density at radius 3 is 2.76 bits per heavy atom. The number of benzene rings is 1. The molecule has 4 rings (SSSR count). The van der Waals surface area contributed by atoms with Crippen LogP contribution in [-0.4, -0.2) is 29.7 Å². The van der Waals surface area contributed by atoms with E-state index in [1.165, 1.54) is 23.8 Å². The van der Waals surface area contributed by atoms with Crippen LogP contribution in [0.5, 0.6) is 0 Å². The van der Waals surface area contributed by atoms with Gasteiger partial charge < -0.3 is 0 Å². The molecule has 0 unspecified atom stereocenters. The van der Waals surface area contributed by atoms with Crippen LogP contribution in [-0.2, 0) is 29.4 Å². The van der Waals surface area contributed by atoms with Gasteiger partial charge in [-0.25, -0.2) is 17.5 Å². The maximum Gasteiger partial charge on any atom is 0.240 e. The van der Waals surface area contributed by atoms with Crippen LogP contribution >= 0.6 is 0 Å². The molecule has 6 nitrogen and oxygen atoms in total.